The molecule has 0 N–H and O–H groups in total. The van der Waals surface area contributed by atoms with Crippen LogP contribution in [0.5, 0.6) is 0 Å². The molecule has 2 unspecified atom stereocenters. The lowest BCUT2D eigenvalue weighted by Gasteiger charge is -2.38. The lowest BCUT2D eigenvalue weighted by atomic mass is 9.85. The van der Waals surface area contributed by atoms with Gasteiger partial charge in [-0.15, -0.1) is 3.89 Å². The van der Waals surface area contributed by atoms with E-state index in [1.807, 2.05) is 4.90 Å². The van der Waals surface area contributed by atoms with Gasteiger partial charge >= 0.3 is 10.2 Å². The number of hydrogen-bond donors (Lipinski definition) is 0. The minimum Gasteiger partial charge on any atom is -0.364 e. The van der Waals surface area contributed by atoms with Crippen molar-refractivity contribution in [3.05, 3.63) is 18.0 Å². The number of nitrogens with zero attached hydrogens (tertiary/aromatic N) is 2. The molecule has 5 nitrogen and oxygen atoms in total. The van der Waals surface area contributed by atoms with E-state index in [0.29, 0.717) is 12.5 Å². The van der Waals surface area contributed by atoms with E-state index in [1.54, 1.807) is 6.07 Å². The summed E-state index contributed by atoms with van der Waals surface area (Å²) >= 11 is 0. The quantitative estimate of drug-likeness (QED) is 0.755. The lowest BCUT2D eigenvalue weighted by Crippen LogP contribution is -2.43. The van der Waals surface area contributed by atoms with Gasteiger partial charge in [-0.25, -0.2) is 0 Å². The average molecular weight is 304 g/mol. The smallest absolute Gasteiger partial charge is 0.303 e. The molecule has 1 fully saturated rings. The van der Waals surface area contributed by atoms with Crippen molar-refractivity contribution in [1.82, 2.24) is 10.1 Å². The van der Waals surface area contributed by atoms with E-state index in [9.17, 15) is 12.3 Å². The molecule has 2 rings (SSSR count). The van der Waals surface area contributed by atoms with E-state index in [0.717, 1.165) is 25.0 Å². The van der Waals surface area contributed by atoms with Gasteiger partial charge < -0.3 is 4.52 Å². The second kappa shape index (κ2) is 6.67. The Kier molecular flexibility index (Phi) is 5.15. The van der Waals surface area contributed by atoms with Crippen LogP contribution in [-0.2, 0) is 16.8 Å². The van der Waals surface area contributed by atoms with Crippen LogP contribution in [0.1, 0.15) is 38.3 Å². The minimum absolute atomic E-state index is 0.195. The van der Waals surface area contributed by atoms with Gasteiger partial charge in [0.15, 0.2) is 0 Å². The fourth-order valence-corrected chi connectivity index (χ4v) is 3.41. The summed E-state index contributed by atoms with van der Waals surface area (Å²) in [6.45, 7) is 2.87. The number of aromatic nitrogens is 1. The van der Waals surface area contributed by atoms with Crippen LogP contribution in [0.2, 0.25) is 0 Å². The molecule has 0 radical (unpaired) electrons. The molecule has 0 aliphatic heterocycles. The summed E-state index contributed by atoms with van der Waals surface area (Å²) in [5, 5.41) is 3.86. The van der Waals surface area contributed by atoms with Crippen molar-refractivity contribution in [3.8, 4) is 0 Å². The molecule has 20 heavy (non-hydrogen) atoms. The topological polar surface area (TPSA) is 63.4 Å². The highest BCUT2D eigenvalue weighted by Gasteiger charge is 2.28. The van der Waals surface area contributed by atoms with Crippen LogP contribution >= 0.6 is 0 Å². The lowest BCUT2D eigenvalue weighted by molar-refractivity contribution is 0.108. The average Bonchev–Trinajstić information content (AvgIpc) is 2.87. The third kappa shape index (κ3) is 4.56. The van der Waals surface area contributed by atoms with Crippen LogP contribution in [0.25, 0.3) is 0 Å². The molecule has 0 aromatic carbocycles. The minimum atomic E-state index is -4.44. The molecule has 2 atom stereocenters. The summed E-state index contributed by atoms with van der Waals surface area (Å²) in [4.78, 5) is 2.03. The van der Waals surface area contributed by atoms with Gasteiger partial charge in [0.25, 0.3) is 0 Å². The molecule has 1 heterocycles. The molecule has 0 amide bonds. The van der Waals surface area contributed by atoms with E-state index < -0.39 is 16.0 Å². The van der Waals surface area contributed by atoms with Crippen molar-refractivity contribution in [1.29, 1.82) is 0 Å². The van der Waals surface area contributed by atoms with Gasteiger partial charge in [-0.3, -0.25) is 4.90 Å². The van der Waals surface area contributed by atoms with Gasteiger partial charge in [0.1, 0.15) is 6.26 Å². The molecule has 0 spiro atoms. The standard InChI is InChI=1S/C13H21FN2O3S/c1-11-4-2-3-5-13(11)16(7-9-20(14,17)18)10-12-6-8-19-15-12/h6,8,11,13H,2-5,7,9-10H2,1H3. The maximum absolute atomic E-state index is 12.8. The van der Waals surface area contributed by atoms with Crippen LogP contribution in [0.4, 0.5) is 3.89 Å². The van der Waals surface area contributed by atoms with Crippen molar-refractivity contribution in [2.75, 3.05) is 12.3 Å². The second-order valence-corrected chi connectivity index (χ2v) is 7.02. The van der Waals surface area contributed by atoms with Crippen molar-refractivity contribution in [3.63, 3.8) is 0 Å². The predicted octanol–water partition coefficient (Wildman–Crippen LogP) is 2.35. The van der Waals surface area contributed by atoms with E-state index in [4.69, 9.17) is 4.52 Å². The highest BCUT2D eigenvalue weighted by Crippen LogP contribution is 2.29. The monoisotopic (exact) mass is 304 g/mol. The number of rotatable bonds is 6. The Hall–Kier alpha value is -0.950. The van der Waals surface area contributed by atoms with E-state index >= 15 is 0 Å². The summed E-state index contributed by atoms with van der Waals surface area (Å²) < 4.78 is 39.2. The first-order valence-electron chi connectivity index (χ1n) is 7.01. The van der Waals surface area contributed by atoms with Crippen LogP contribution in [0.15, 0.2) is 16.9 Å². The fraction of sp³-hybridized carbons (Fsp3) is 0.769. The molecular weight excluding hydrogens is 283 g/mol. The number of hydrogen-bond acceptors (Lipinski definition) is 5. The highest BCUT2D eigenvalue weighted by atomic mass is 32.3. The normalized spacial score (nSPS) is 24.1. The highest BCUT2D eigenvalue weighted by molar-refractivity contribution is 7.86. The Bertz CT molecular complexity index is 504. The number of halogens is 1. The Labute approximate surface area is 119 Å². The van der Waals surface area contributed by atoms with Crippen molar-refractivity contribution in [2.24, 2.45) is 5.92 Å². The molecule has 1 aromatic rings. The molecule has 1 aromatic heterocycles. The zero-order valence-corrected chi connectivity index (χ0v) is 12.5. The van der Waals surface area contributed by atoms with Crippen molar-refractivity contribution < 1.29 is 16.8 Å². The van der Waals surface area contributed by atoms with Crippen LogP contribution in [0.3, 0.4) is 0 Å². The third-order valence-corrected chi connectivity index (χ3v) is 4.68. The fourth-order valence-electron chi connectivity index (χ4n) is 2.95. The van der Waals surface area contributed by atoms with Gasteiger partial charge in [-0.1, -0.05) is 24.9 Å². The summed E-state index contributed by atoms with van der Waals surface area (Å²) in [6.07, 6.45) is 5.97. The summed E-state index contributed by atoms with van der Waals surface area (Å²) in [5.74, 6) is 0.0200. The maximum atomic E-state index is 12.8. The first-order chi connectivity index (χ1) is 9.46. The van der Waals surface area contributed by atoms with Crippen molar-refractivity contribution in [2.45, 2.75) is 45.2 Å². The van der Waals surface area contributed by atoms with E-state index in [2.05, 4.69) is 12.1 Å². The summed E-state index contributed by atoms with van der Waals surface area (Å²) in [6, 6.07) is 2.03. The van der Waals surface area contributed by atoms with Gasteiger partial charge in [-0.2, -0.15) is 8.42 Å². The zero-order chi connectivity index (χ0) is 14.6. The van der Waals surface area contributed by atoms with Gasteiger partial charge in [0.2, 0.25) is 0 Å². The predicted molar refractivity (Wildman–Crippen MR) is 73.2 cm³/mol. The molecule has 0 saturated heterocycles. The van der Waals surface area contributed by atoms with Crippen LogP contribution < -0.4 is 0 Å². The molecule has 7 heteroatoms. The van der Waals surface area contributed by atoms with Gasteiger partial charge in [-0.05, 0) is 18.8 Å². The second-order valence-electron chi connectivity index (χ2n) is 5.53. The first kappa shape index (κ1) is 15.4. The Morgan fingerprint density at radius 3 is 2.80 bits per heavy atom. The van der Waals surface area contributed by atoms with E-state index in [-0.39, 0.29) is 12.6 Å². The first-order valence-corrected chi connectivity index (χ1v) is 8.56. The molecule has 0 bridgehead atoms. The molecule has 1 aliphatic rings. The summed E-state index contributed by atoms with van der Waals surface area (Å²) in [7, 11) is -4.44. The largest absolute Gasteiger partial charge is 0.364 e. The Morgan fingerprint density at radius 2 is 2.20 bits per heavy atom. The van der Waals surface area contributed by atoms with Crippen LogP contribution in [0, 0.1) is 5.92 Å². The van der Waals surface area contributed by atoms with Gasteiger partial charge in [0.05, 0.1) is 11.4 Å². The Morgan fingerprint density at radius 1 is 1.45 bits per heavy atom. The SMILES string of the molecule is CC1CCCCC1N(CCS(=O)(=O)F)Cc1ccon1. The van der Waals surface area contributed by atoms with Gasteiger partial charge in [0, 0.05) is 25.2 Å². The van der Waals surface area contributed by atoms with Crippen LogP contribution in [-0.4, -0.2) is 36.8 Å². The van der Waals surface area contributed by atoms with E-state index in [1.165, 1.54) is 12.7 Å². The maximum Gasteiger partial charge on any atom is 0.303 e. The third-order valence-electron chi connectivity index (χ3n) is 4.01. The molecule has 114 valence electrons. The Balaban J connectivity index is 2.05. The summed E-state index contributed by atoms with van der Waals surface area (Å²) in [5.41, 5.74) is 0.749. The van der Waals surface area contributed by atoms with Crippen molar-refractivity contribution >= 4 is 10.2 Å². The molecule has 1 aliphatic carbocycles. The molecule has 1 saturated carbocycles. The molecular formula is C13H21FN2O3S. The zero-order valence-electron chi connectivity index (χ0n) is 11.7.